The first-order valence-electron chi connectivity index (χ1n) is 7.63. The van der Waals surface area contributed by atoms with Gasteiger partial charge in [0.05, 0.1) is 18.9 Å². The van der Waals surface area contributed by atoms with E-state index in [9.17, 15) is 14.4 Å². The van der Waals surface area contributed by atoms with E-state index in [0.717, 1.165) is 0 Å². The first-order valence-corrected chi connectivity index (χ1v) is 7.63. The minimum Gasteiger partial charge on any atom is -0.483 e. The molecule has 7 nitrogen and oxygen atoms in total. The molecule has 4 aliphatic rings. The molecule has 4 rings (SSSR count). The number of esters is 1. The molecule has 0 radical (unpaired) electrons. The zero-order chi connectivity index (χ0) is 17.9. The van der Waals surface area contributed by atoms with Crippen molar-refractivity contribution in [3.8, 4) is 0 Å². The van der Waals surface area contributed by atoms with E-state index >= 15 is 0 Å². The van der Waals surface area contributed by atoms with E-state index in [4.69, 9.17) is 18.9 Å². The van der Waals surface area contributed by atoms with Gasteiger partial charge in [-0.15, -0.1) is 0 Å². The average Bonchev–Trinajstić information content (AvgIpc) is 2.94. The molecule has 0 unspecified atom stereocenters. The normalized spacial score (nSPS) is 35.7. The van der Waals surface area contributed by atoms with Gasteiger partial charge in [-0.1, -0.05) is 6.08 Å². The van der Waals surface area contributed by atoms with Gasteiger partial charge in [0, 0.05) is 32.6 Å². The SMILES string of the molecule is COC(=O)C1=C[C@H]2C(=O)C(OC)(OC)[C@@H]1[C@@]1(C)OC(C(C)=O)=C[C@@H]21. The van der Waals surface area contributed by atoms with Crippen molar-refractivity contribution in [1.82, 2.24) is 0 Å². The number of carbonyl (C=O) groups is 3. The van der Waals surface area contributed by atoms with Crippen molar-refractivity contribution in [2.75, 3.05) is 21.3 Å². The molecule has 0 aromatic carbocycles. The number of ether oxygens (including phenoxy) is 4. The lowest BCUT2D eigenvalue weighted by Gasteiger charge is -2.56. The van der Waals surface area contributed by atoms with Crippen molar-refractivity contribution in [3.63, 3.8) is 0 Å². The molecular weight excluding hydrogens is 316 g/mol. The van der Waals surface area contributed by atoms with Gasteiger partial charge in [0.15, 0.2) is 17.3 Å². The lowest BCUT2D eigenvalue weighted by atomic mass is 9.54. The Labute approximate surface area is 139 Å². The molecule has 130 valence electrons. The Morgan fingerprint density at radius 2 is 1.79 bits per heavy atom. The molecule has 3 aliphatic carbocycles. The van der Waals surface area contributed by atoms with Gasteiger partial charge < -0.3 is 18.9 Å². The summed E-state index contributed by atoms with van der Waals surface area (Å²) in [5.74, 6) is -4.51. The summed E-state index contributed by atoms with van der Waals surface area (Å²) < 4.78 is 21.7. The van der Waals surface area contributed by atoms with Gasteiger partial charge in [-0.25, -0.2) is 4.79 Å². The number of hydrogen-bond donors (Lipinski definition) is 0. The largest absolute Gasteiger partial charge is 0.483 e. The Hall–Kier alpha value is -1.99. The van der Waals surface area contributed by atoms with Crippen molar-refractivity contribution >= 4 is 17.5 Å². The van der Waals surface area contributed by atoms with Crippen LogP contribution in [0.3, 0.4) is 0 Å². The molecule has 0 aromatic heterocycles. The third kappa shape index (κ3) is 1.82. The summed E-state index contributed by atoms with van der Waals surface area (Å²) in [5.41, 5.74) is -0.757. The molecule has 1 aliphatic heterocycles. The highest BCUT2D eigenvalue weighted by atomic mass is 16.7. The molecule has 0 aromatic rings. The Morgan fingerprint density at radius 1 is 1.17 bits per heavy atom. The molecule has 24 heavy (non-hydrogen) atoms. The second-order valence-electron chi connectivity index (χ2n) is 6.41. The minimum absolute atomic E-state index is 0.188. The van der Waals surface area contributed by atoms with Gasteiger partial charge in [-0.3, -0.25) is 9.59 Å². The van der Waals surface area contributed by atoms with Crippen LogP contribution >= 0.6 is 0 Å². The lowest BCUT2D eigenvalue weighted by molar-refractivity contribution is -0.273. The highest BCUT2D eigenvalue weighted by Crippen LogP contribution is 2.59. The quantitative estimate of drug-likeness (QED) is 0.554. The van der Waals surface area contributed by atoms with E-state index in [1.165, 1.54) is 28.3 Å². The molecule has 1 fully saturated rings. The fourth-order valence-corrected chi connectivity index (χ4v) is 4.29. The maximum absolute atomic E-state index is 13.0. The number of rotatable bonds is 4. The van der Waals surface area contributed by atoms with E-state index in [1.807, 2.05) is 0 Å². The molecule has 0 amide bonds. The molecular formula is C17H20O7. The predicted octanol–water partition coefficient (Wildman–Crippen LogP) is 0.782. The van der Waals surface area contributed by atoms with Crippen molar-refractivity contribution in [2.45, 2.75) is 25.2 Å². The molecule has 0 spiro atoms. The third-order valence-corrected chi connectivity index (χ3v) is 5.35. The summed E-state index contributed by atoms with van der Waals surface area (Å²) >= 11 is 0. The number of carbonyl (C=O) groups excluding carboxylic acids is 3. The molecule has 1 heterocycles. The summed E-state index contributed by atoms with van der Waals surface area (Å²) in [4.78, 5) is 37.0. The molecule has 0 N–H and O–H groups in total. The Balaban J connectivity index is 2.21. The number of allylic oxidation sites excluding steroid dienone is 2. The summed E-state index contributed by atoms with van der Waals surface area (Å²) in [6.07, 6.45) is 3.25. The minimum atomic E-state index is -1.66. The van der Waals surface area contributed by atoms with Crippen molar-refractivity contribution in [1.29, 1.82) is 0 Å². The van der Waals surface area contributed by atoms with Crippen LogP contribution in [-0.2, 0) is 33.3 Å². The standard InChI is InChI=1S/C17H20O7/c1-8(18)12-7-11-9-6-10(15(20)21-3)13(16(11,2)24-12)17(22-4,23-5)14(9)19/h6-7,9,11,13H,1-5H3/t9-,11+,13+,16+/m1/s1. The molecule has 0 saturated heterocycles. The average molecular weight is 336 g/mol. The van der Waals surface area contributed by atoms with Crippen LogP contribution in [-0.4, -0.2) is 50.3 Å². The monoisotopic (exact) mass is 336 g/mol. The van der Waals surface area contributed by atoms with E-state index in [0.29, 0.717) is 0 Å². The predicted molar refractivity (Wildman–Crippen MR) is 80.6 cm³/mol. The van der Waals surface area contributed by atoms with Crippen LogP contribution in [0.2, 0.25) is 0 Å². The first-order chi connectivity index (χ1) is 11.3. The summed E-state index contributed by atoms with van der Waals surface area (Å²) in [7, 11) is 3.97. The number of fused-ring (bicyclic) bond motifs is 1. The first kappa shape index (κ1) is 16.9. The van der Waals surface area contributed by atoms with Crippen LogP contribution in [0.4, 0.5) is 0 Å². The van der Waals surface area contributed by atoms with Crippen molar-refractivity contribution in [3.05, 3.63) is 23.5 Å². The highest BCUT2D eigenvalue weighted by molar-refractivity contribution is 6.01. The van der Waals surface area contributed by atoms with Gasteiger partial charge in [0.1, 0.15) is 5.60 Å². The van der Waals surface area contributed by atoms with Gasteiger partial charge in [0.2, 0.25) is 5.79 Å². The van der Waals surface area contributed by atoms with E-state index in [-0.39, 0.29) is 28.8 Å². The maximum Gasteiger partial charge on any atom is 0.334 e. The molecule has 2 bridgehead atoms. The number of Topliss-reactive ketones (excluding diaryl/α,β-unsaturated/α-hetero) is 2. The zero-order valence-electron chi connectivity index (χ0n) is 14.2. The Kier molecular flexibility index (Phi) is 3.69. The van der Waals surface area contributed by atoms with Crippen LogP contribution in [0, 0.1) is 17.8 Å². The summed E-state index contributed by atoms with van der Waals surface area (Å²) in [6, 6.07) is 0. The van der Waals surface area contributed by atoms with Crippen LogP contribution < -0.4 is 0 Å². The van der Waals surface area contributed by atoms with E-state index < -0.39 is 29.2 Å². The van der Waals surface area contributed by atoms with Crippen LogP contribution in [0.5, 0.6) is 0 Å². The zero-order valence-corrected chi connectivity index (χ0v) is 14.2. The number of methoxy groups -OCH3 is 3. The van der Waals surface area contributed by atoms with Crippen LogP contribution in [0.25, 0.3) is 0 Å². The van der Waals surface area contributed by atoms with Crippen molar-refractivity contribution < 1.29 is 33.3 Å². The van der Waals surface area contributed by atoms with Crippen LogP contribution in [0.15, 0.2) is 23.5 Å². The number of ketones is 2. The third-order valence-electron chi connectivity index (χ3n) is 5.35. The fourth-order valence-electron chi connectivity index (χ4n) is 4.29. The molecule has 4 atom stereocenters. The van der Waals surface area contributed by atoms with Gasteiger partial charge >= 0.3 is 5.97 Å². The molecule has 1 saturated carbocycles. The van der Waals surface area contributed by atoms with E-state index in [2.05, 4.69) is 0 Å². The van der Waals surface area contributed by atoms with Crippen molar-refractivity contribution in [2.24, 2.45) is 17.8 Å². The number of hydrogen-bond acceptors (Lipinski definition) is 7. The Morgan fingerprint density at radius 3 is 2.29 bits per heavy atom. The van der Waals surface area contributed by atoms with E-state index in [1.54, 1.807) is 19.1 Å². The highest BCUT2D eigenvalue weighted by Gasteiger charge is 2.72. The van der Waals surface area contributed by atoms with Crippen LogP contribution in [0.1, 0.15) is 13.8 Å². The lowest BCUT2D eigenvalue weighted by Crippen LogP contribution is -2.70. The summed E-state index contributed by atoms with van der Waals surface area (Å²) in [6.45, 7) is 3.15. The topological polar surface area (TPSA) is 88.1 Å². The summed E-state index contributed by atoms with van der Waals surface area (Å²) in [5, 5.41) is 0. The second-order valence-corrected chi connectivity index (χ2v) is 6.41. The van der Waals surface area contributed by atoms with Gasteiger partial charge in [0.25, 0.3) is 0 Å². The van der Waals surface area contributed by atoms with Gasteiger partial charge in [-0.05, 0) is 13.0 Å². The fraction of sp³-hybridized carbons (Fsp3) is 0.588. The maximum atomic E-state index is 13.0. The van der Waals surface area contributed by atoms with Gasteiger partial charge in [-0.2, -0.15) is 0 Å². The molecule has 7 heteroatoms. The smallest absolute Gasteiger partial charge is 0.334 e. The Bertz CT molecular complexity index is 685. The second kappa shape index (κ2) is 5.26.